The van der Waals surface area contributed by atoms with Gasteiger partial charge in [0, 0.05) is 7.11 Å². The molecule has 0 bridgehead atoms. The van der Waals surface area contributed by atoms with Gasteiger partial charge in [-0.25, -0.2) is 10.2 Å². The lowest BCUT2D eigenvalue weighted by atomic mass is 10.1. The highest BCUT2D eigenvalue weighted by Gasteiger charge is 2.18. The van der Waals surface area contributed by atoms with Gasteiger partial charge in [-0.1, -0.05) is 42.5 Å². The van der Waals surface area contributed by atoms with Gasteiger partial charge in [0.2, 0.25) is 0 Å². The lowest BCUT2D eigenvalue weighted by molar-refractivity contribution is -0.131. The van der Waals surface area contributed by atoms with Gasteiger partial charge in [0.15, 0.2) is 6.10 Å². The summed E-state index contributed by atoms with van der Waals surface area (Å²) in [5.74, 6) is -1.38. The second-order valence-corrected chi connectivity index (χ2v) is 4.69. The maximum atomic E-state index is 12.1. The standard InChI is InChI=1S/C17H16N2O4/c1-23-15(13-5-3-2-4-6-13)16(20)19-18-11-12-7-9-14(10-8-12)17(21)22/h2-11,15H,1H3,(H,19,20)(H,21,22)/b18-11-/t15-/m0/s1. The first-order valence-corrected chi connectivity index (χ1v) is 6.86. The predicted molar refractivity (Wildman–Crippen MR) is 85.3 cm³/mol. The molecule has 0 saturated carbocycles. The van der Waals surface area contributed by atoms with Gasteiger partial charge < -0.3 is 9.84 Å². The van der Waals surface area contributed by atoms with E-state index in [0.717, 1.165) is 5.56 Å². The Kier molecular flexibility index (Phi) is 5.60. The van der Waals surface area contributed by atoms with Crippen LogP contribution < -0.4 is 5.43 Å². The number of carboxylic acids is 1. The molecule has 0 aromatic heterocycles. The molecule has 0 fully saturated rings. The molecule has 0 saturated heterocycles. The summed E-state index contributed by atoms with van der Waals surface area (Å²) in [5, 5.41) is 12.7. The van der Waals surface area contributed by atoms with Crippen LogP contribution >= 0.6 is 0 Å². The van der Waals surface area contributed by atoms with E-state index in [1.54, 1.807) is 24.3 Å². The summed E-state index contributed by atoms with van der Waals surface area (Å²) in [6.45, 7) is 0. The molecule has 6 heteroatoms. The van der Waals surface area contributed by atoms with Gasteiger partial charge in [0.25, 0.3) is 5.91 Å². The quantitative estimate of drug-likeness (QED) is 0.632. The van der Waals surface area contributed by atoms with Gasteiger partial charge in [0.05, 0.1) is 11.8 Å². The minimum atomic E-state index is -0.993. The highest BCUT2D eigenvalue weighted by molar-refractivity contribution is 5.89. The number of benzene rings is 2. The predicted octanol–water partition coefficient (Wildman–Crippen LogP) is 2.22. The Bertz CT molecular complexity index is 696. The second kappa shape index (κ2) is 7.86. The molecule has 118 valence electrons. The SMILES string of the molecule is CO[C@H](C(=O)N/N=C\c1ccc(C(=O)O)cc1)c1ccccc1. The van der Waals surface area contributed by atoms with Crippen molar-refractivity contribution in [2.75, 3.05) is 7.11 Å². The van der Waals surface area contributed by atoms with E-state index < -0.39 is 18.0 Å². The van der Waals surface area contributed by atoms with E-state index in [0.29, 0.717) is 5.56 Å². The average Bonchev–Trinajstić information content (AvgIpc) is 2.57. The van der Waals surface area contributed by atoms with Crippen LogP contribution in [0.4, 0.5) is 0 Å². The minimum absolute atomic E-state index is 0.190. The molecule has 0 radical (unpaired) electrons. The maximum absolute atomic E-state index is 12.1. The molecule has 0 aliphatic heterocycles. The smallest absolute Gasteiger partial charge is 0.335 e. The van der Waals surface area contributed by atoms with E-state index in [-0.39, 0.29) is 5.56 Å². The van der Waals surface area contributed by atoms with Crippen LogP contribution in [0.15, 0.2) is 59.7 Å². The summed E-state index contributed by atoms with van der Waals surface area (Å²) in [5.41, 5.74) is 4.00. The lowest BCUT2D eigenvalue weighted by Gasteiger charge is -2.13. The van der Waals surface area contributed by atoms with Crippen LogP contribution in [0.3, 0.4) is 0 Å². The Morgan fingerprint density at radius 1 is 1.13 bits per heavy atom. The third-order valence-electron chi connectivity index (χ3n) is 3.12. The zero-order valence-electron chi connectivity index (χ0n) is 12.5. The van der Waals surface area contributed by atoms with E-state index in [9.17, 15) is 9.59 Å². The molecule has 23 heavy (non-hydrogen) atoms. The van der Waals surface area contributed by atoms with Crippen LogP contribution in [0.5, 0.6) is 0 Å². The number of nitrogens with zero attached hydrogens (tertiary/aromatic N) is 1. The topological polar surface area (TPSA) is 88.0 Å². The highest BCUT2D eigenvalue weighted by Crippen LogP contribution is 2.15. The van der Waals surface area contributed by atoms with Gasteiger partial charge in [-0.3, -0.25) is 4.79 Å². The molecule has 2 rings (SSSR count). The molecule has 0 unspecified atom stereocenters. The number of hydrogen-bond donors (Lipinski definition) is 2. The van der Waals surface area contributed by atoms with Crippen molar-refractivity contribution in [1.29, 1.82) is 0 Å². The molecule has 1 atom stereocenters. The number of hydrogen-bond acceptors (Lipinski definition) is 4. The van der Waals surface area contributed by atoms with Crippen LogP contribution in [0.1, 0.15) is 27.6 Å². The number of carbonyl (C=O) groups is 2. The molecule has 2 N–H and O–H groups in total. The number of hydrazone groups is 1. The average molecular weight is 312 g/mol. The van der Waals surface area contributed by atoms with Crippen molar-refractivity contribution >= 4 is 18.1 Å². The normalized spacial score (nSPS) is 12.0. The van der Waals surface area contributed by atoms with Gasteiger partial charge >= 0.3 is 5.97 Å². The zero-order valence-corrected chi connectivity index (χ0v) is 12.5. The van der Waals surface area contributed by atoms with E-state index in [2.05, 4.69) is 10.5 Å². The van der Waals surface area contributed by atoms with Crippen molar-refractivity contribution in [2.24, 2.45) is 5.10 Å². The third-order valence-corrected chi connectivity index (χ3v) is 3.12. The van der Waals surface area contributed by atoms with Crippen molar-refractivity contribution in [1.82, 2.24) is 5.43 Å². The van der Waals surface area contributed by atoms with Gasteiger partial charge in [-0.2, -0.15) is 5.10 Å². The zero-order chi connectivity index (χ0) is 16.7. The Balaban J connectivity index is 1.98. The van der Waals surface area contributed by atoms with Gasteiger partial charge in [-0.15, -0.1) is 0 Å². The Morgan fingerprint density at radius 2 is 1.78 bits per heavy atom. The third kappa shape index (κ3) is 4.49. The largest absolute Gasteiger partial charge is 0.478 e. The van der Waals surface area contributed by atoms with Crippen LogP contribution in [0.2, 0.25) is 0 Å². The Labute approximate surface area is 133 Å². The molecule has 2 aromatic rings. The number of aromatic carboxylic acids is 1. The fourth-order valence-electron chi connectivity index (χ4n) is 1.96. The molecular weight excluding hydrogens is 296 g/mol. The fraction of sp³-hybridized carbons (Fsp3) is 0.118. The number of nitrogens with one attached hydrogen (secondary N) is 1. The first kappa shape index (κ1) is 16.4. The molecule has 0 aliphatic rings. The fourth-order valence-corrected chi connectivity index (χ4v) is 1.96. The molecule has 2 aromatic carbocycles. The van der Waals surface area contributed by atoms with E-state index >= 15 is 0 Å². The molecule has 0 heterocycles. The molecule has 1 amide bonds. The van der Waals surface area contributed by atoms with Crippen LogP contribution in [-0.2, 0) is 9.53 Å². The summed E-state index contributed by atoms with van der Waals surface area (Å²) in [7, 11) is 1.45. The summed E-state index contributed by atoms with van der Waals surface area (Å²) in [4.78, 5) is 22.8. The summed E-state index contributed by atoms with van der Waals surface area (Å²) in [6.07, 6.45) is 0.684. The summed E-state index contributed by atoms with van der Waals surface area (Å²) in [6, 6.07) is 15.2. The Morgan fingerprint density at radius 3 is 2.35 bits per heavy atom. The summed E-state index contributed by atoms with van der Waals surface area (Å²) >= 11 is 0. The van der Waals surface area contributed by atoms with E-state index in [1.807, 2.05) is 18.2 Å². The van der Waals surface area contributed by atoms with Gasteiger partial charge in [0.1, 0.15) is 0 Å². The van der Waals surface area contributed by atoms with Crippen LogP contribution in [0, 0.1) is 0 Å². The highest BCUT2D eigenvalue weighted by atomic mass is 16.5. The number of rotatable bonds is 6. The number of ether oxygens (including phenoxy) is 1. The van der Waals surface area contributed by atoms with Crippen molar-refractivity contribution in [3.63, 3.8) is 0 Å². The van der Waals surface area contributed by atoms with Crippen molar-refractivity contribution in [3.8, 4) is 0 Å². The first-order chi connectivity index (χ1) is 11.1. The number of amides is 1. The molecule has 0 spiro atoms. The molecule has 6 nitrogen and oxygen atoms in total. The van der Waals surface area contributed by atoms with Crippen LogP contribution in [-0.4, -0.2) is 30.3 Å². The van der Waals surface area contributed by atoms with Crippen molar-refractivity contribution in [2.45, 2.75) is 6.10 Å². The maximum Gasteiger partial charge on any atom is 0.335 e. The van der Waals surface area contributed by atoms with E-state index in [1.165, 1.54) is 25.5 Å². The molecule has 0 aliphatic carbocycles. The lowest BCUT2D eigenvalue weighted by Crippen LogP contribution is -2.26. The number of carbonyl (C=O) groups excluding carboxylic acids is 1. The van der Waals surface area contributed by atoms with Crippen LogP contribution in [0.25, 0.3) is 0 Å². The first-order valence-electron chi connectivity index (χ1n) is 6.86. The minimum Gasteiger partial charge on any atom is -0.478 e. The number of methoxy groups -OCH3 is 1. The molecular formula is C17H16N2O4. The van der Waals surface area contributed by atoms with Gasteiger partial charge in [-0.05, 0) is 23.3 Å². The second-order valence-electron chi connectivity index (χ2n) is 4.69. The van der Waals surface area contributed by atoms with Crippen molar-refractivity contribution in [3.05, 3.63) is 71.3 Å². The van der Waals surface area contributed by atoms with E-state index in [4.69, 9.17) is 9.84 Å². The Hall–Kier alpha value is -2.99. The summed E-state index contributed by atoms with van der Waals surface area (Å²) < 4.78 is 5.19. The number of carboxylic acid groups (broad SMARTS) is 1. The monoisotopic (exact) mass is 312 g/mol. The van der Waals surface area contributed by atoms with Crippen molar-refractivity contribution < 1.29 is 19.4 Å².